The third-order valence-electron chi connectivity index (χ3n) is 6.40. The highest BCUT2D eigenvalue weighted by molar-refractivity contribution is 5.88. The molecule has 1 aromatic heterocycles. The Morgan fingerprint density at radius 1 is 1.07 bits per heavy atom. The Hall–Kier alpha value is -1.96. The van der Waals surface area contributed by atoms with E-state index in [9.17, 15) is 9.59 Å². The van der Waals surface area contributed by atoms with Gasteiger partial charge in [0.2, 0.25) is 11.8 Å². The highest BCUT2D eigenvalue weighted by atomic mass is 16.2. The lowest BCUT2D eigenvalue weighted by Crippen LogP contribution is -2.54. The van der Waals surface area contributed by atoms with Crippen molar-refractivity contribution in [3.05, 3.63) is 11.6 Å². The number of hydrogen-bond donors (Lipinski definition) is 1. The molecule has 8 nitrogen and oxygen atoms in total. The number of aromatic nitrogens is 3. The van der Waals surface area contributed by atoms with Gasteiger partial charge in [-0.15, -0.1) is 10.2 Å². The van der Waals surface area contributed by atoms with Gasteiger partial charge in [0.1, 0.15) is 17.7 Å². The van der Waals surface area contributed by atoms with Gasteiger partial charge >= 0.3 is 0 Å². The van der Waals surface area contributed by atoms with Crippen LogP contribution in [0.1, 0.15) is 69.4 Å². The molecule has 1 N–H and O–H groups in total. The number of amides is 2. The van der Waals surface area contributed by atoms with Crippen LogP contribution in [0.4, 0.5) is 0 Å². The summed E-state index contributed by atoms with van der Waals surface area (Å²) in [5, 5.41) is 12.1. The van der Waals surface area contributed by atoms with Crippen LogP contribution in [-0.2, 0) is 22.7 Å². The third-order valence-corrected chi connectivity index (χ3v) is 6.40. The van der Waals surface area contributed by atoms with Crippen molar-refractivity contribution in [3.8, 4) is 0 Å². The van der Waals surface area contributed by atoms with E-state index in [0.29, 0.717) is 12.3 Å². The lowest BCUT2D eigenvalue weighted by Gasteiger charge is -2.40. The van der Waals surface area contributed by atoms with Crippen LogP contribution in [0.2, 0.25) is 0 Å². The number of nitrogens with zero attached hydrogens (tertiary/aromatic N) is 5. The number of nitrogens with one attached hydrogen (secondary N) is 1. The maximum Gasteiger partial charge on any atom is 0.245 e. The van der Waals surface area contributed by atoms with Gasteiger partial charge in [-0.2, -0.15) is 0 Å². The number of fused-ring (bicyclic) bond motifs is 1. The van der Waals surface area contributed by atoms with Gasteiger partial charge in [0, 0.05) is 45.1 Å². The van der Waals surface area contributed by atoms with Gasteiger partial charge in [0.05, 0.1) is 6.54 Å². The molecule has 4 rings (SSSR count). The second-order valence-electron chi connectivity index (χ2n) is 8.25. The van der Waals surface area contributed by atoms with Crippen LogP contribution < -0.4 is 5.32 Å². The normalized spacial score (nSPS) is 23.5. The van der Waals surface area contributed by atoms with Crippen LogP contribution in [0.25, 0.3) is 0 Å². The molecule has 2 amide bonds. The van der Waals surface area contributed by atoms with Crippen LogP contribution in [0.5, 0.6) is 0 Å². The summed E-state index contributed by atoms with van der Waals surface area (Å²) in [6, 6.07) is -0.253. The monoisotopic (exact) mass is 388 g/mol. The molecule has 154 valence electrons. The number of piperidine rings is 2. The second-order valence-corrected chi connectivity index (χ2v) is 8.25. The van der Waals surface area contributed by atoms with E-state index in [-0.39, 0.29) is 17.9 Å². The lowest BCUT2D eigenvalue weighted by atomic mass is 9.94. The molecule has 3 aliphatic rings. The number of carbonyl (C=O) groups excluding carboxylic acids is 2. The first-order valence-corrected chi connectivity index (χ1v) is 10.9. The maximum absolute atomic E-state index is 13.2. The molecule has 3 aliphatic heterocycles. The number of rotatable bonds is 4. The number of carbonyl (C=O) groups is 2. The maximum atomic E-state index is 13.2. The Bertz CT molecular complexity index is 710. The second kappa shape index (κ2) is 8.59. The zero-order valence-electron chi connectivity index (χ0n) is 16.9. The Labute approximate surface area is 166 Å². The Kier molecular flexibility index (Phi) is 5.94. The summed E-state index contributed by atoms with van der Waals surface area (Å²) >= 11 is 0. The van der Waals surface area contributed by atoms with Gasteiger partial charge < -0.3 is 19.7 Å². The summed E-state index contributed by atoms with van der Waals surface area (Å²) in [5.74, 6) is 2.76. The minimum Gasteiger partial charge on any atom is -0.341 e. The molecule has 2 saturated heterocycles. The van der Waals surface area contributed by atoms with Gasteiger partial charge in [-0.1, -0.05) is 6.92 Å². The standard InChI is InChI=1S/C20H32N6O2/c1-2-5-18(27)25-10-4-3-6-16(25)20(28)24-11-7-15(8-12-24)19-23-22-17-14-21-9-13-26(17)19/h15-16,21H,2-14H2,1H3. The summed E-state index contributed by atoms with van der Waals surface area (Å²) in [4.78, 5) is 29.5. The molecule has 0 saturated carbocycles. The van der Waals surface area contributed by atoms with Gasteiger partial charge in [0.25, 0.3) is 0 Å². The fourth-order valence-corrected chi connectivity index (χ4v) is 4.83. The predicted octanol–water partition coefficient (Wildman–Crippen LogP) is 1.27. The summed E-state index contributed by atoms with van der Waals surface area (Å²) in [5.41, 5.74) is 0. The zero-order valence-corrected chi connectivity index (χ0v) is 16.9. The minimum atomic E-state index is -0.253. The van der Waals surface area contributed by atoms with Crippen molar-refractivity contribution >= 4 is 11.8 Å². The summed E-state index contributed by atoms with van der Waals surface area (Å²) in [6.07, 6.45) is 6.06. The van der Waals surface area contributed by atoms with Crippen LogP contribution >= 0.6 is 0 Å². The summed E-state index contributed by atoms with van der Waals surface area (Å²) in [7, 11) is 0. The summed E-state index contributed by atoms with van der Waals surface area (Å²) < 4.78 is 2.25. The smallest absolute Gasteiger partial charge is 0.245 e. The average molecular weight is 389 g/mol. The highest BCUT2D eigenvalue weighted by Gasteiger charge is 2.36. The molecule has 0 bridgehead atoms. The molecule has 0 aromatic carbocycles. The van der Waals surface area contributed by atoms with E-state index < -0.39 is 0 Å². The quantitative estimate of drug-likeness (QED) is 0.840. The first-order valence-electron chi connectivity index (χ1n) is 10.9. The van der Waals surface area contributed by atoms with E-state index in [1.54, 1.807) is 0 Å². The van der Waals surface area contributed by atoms with Crippen LogP contribution in [-0.4, -0.2) is 68.6 Å². The van der Waals surface area contributed by atoms with Crippen LogP contribution in [0.15, 0.2) is 0 Å². The molecule has 0 spiro atoms. The van der Waals surface area contributed by atoms with Crippen molar-refractivity contribution in [1.82, 2.24) is 29.9 Å². The van der Waals surface area contributed by atoms with E-state index in [1.807, 2.05) is 16.7 Å². The first-order chi connectivity index (χ1) is 13.7. The lowest BCUT2D eigenvalue weighted by molar-refractivity contribution is -0.148. The molecule has 1 unspecified atom stereocenters. The van der Waals surface area contributed by atoms with Gasteiger partial charge in [-0.05, 0) is 38.5 Å². The van der Waals surface area contributed by atoms with E-state index in [2.05, 4.69) is 20.1 Å². The molecule has 2 fully saturated rings. The molecule has 0 aliphatic carbocycles. The Morgan fingerprint density at radius 2 is 1.89 bits per heavy atom. The topological polar surface area (TPSA) is 83.4 Å². The molecular weight excluding hydrogens is 356 g/mol. The molecule has 28 heavy (non-hydrogen) atoms. The SMILES string of the molecule is CCCC(=O)N1CCCCC1C(=O)N1CCC(c2nnc3n2CCNC3)CC1. The van der Waals surface area contributed by atoms with E-state index >= 15 is 0 Å². The molecule has 8 heteroatoms. The Balaban J connectivity index is 1.38. The van der Waals surface area contributed by atoms with Crippen molar-refractivity contribution in [2.24, 2.45) is 0 Å². The Morgan fingerprint density at radius 3 is 2.68 bits per heavy atom. The van der Waals surface area contributed by atoms with Crippen LogP contribution in [0, 0.1) is 0 Å². The van der Waals surface area contributed by atoms with Crippen molar-refractivity contribution < 1.29 is 9.59 Å². The number of hydrogen-bond acceptors (Lipinski definition) is 5. The van der Waals surface area contributed by atoms with Crippen molar-refractivity contribution in [2.45, 2.75) is 76.9 Å². The van der Waals surface area contributed by atoms with Crippen molar-refractivity contribution in [2.75, 3.05) is 26.2 Å². The molecule has 4 heterocycles. The average Bonchev–Trinajstić information content (AvgIpc) is 3.18. The van der Waals surface area contributed by atoms with Gasteiger partial charge in [-0.25, -0.2) is 0 Å². The van der Waals surface area contributed by atoms with Gasteiger partial charge in [-0.3, -0.25) is 9.59 Å². The number of likely N-dealkylation sites (tertiary alicyclic amines) is 2. The first kappa shape index (κ1) is 19.4. The minimum absolute atomic E-state index is 0.138. The van der Waals surface area contributed by atoms with Crippen molar-refractivity contribution in [1.29, 1.82) is 0 Å². The predicted molar refractivity (Wildman–Crippen MR) is 105 cm³/mol. The van der Waals surface area contributed by atoms with Crippen molar-refractivity contribution in [3.63, 3.8) is 0 Å². The zero-order chi connectivity index (χ0) is 19.5. The largest absolute Gasteiger partial charge is 0.341 e. The van der Waals surface area contributed by atoms with E-state index in [1.165, 1.54) is 0 Å². The third kappa shape index (κ3) is 3.79. The fraction of sp³-hybridized carbons (Fsp3) is 0.800. The van der Waals surface area contributed by atoms with Crippen LogP contribution in [0.3, 0.4) is 0 Å². The molecule has 0 radical (unpaired) electrons. The summed E-state index contributed by atoms with van der Waals surface area (Å²) in [6.45, 7) is 6.90. The van der Waals surface area contributed by atoms with Gasteiger partial charge in [0.15, 0.2) is 0 Å². The molecular formula is C20H32N6O2. The molecule has 1 aromatic rings. The van der Waals surface area contributed by atoms with E-state index in [4.69, 9.17) is 0 Å². The highest BCUT2D eigenvalue weighted by Crippen LogP contribution is 2.29. The van der Waals surface area contributed by atoms with E-state index in [0.717, 1.165) is 89.4 Å². The fourth-order valence-electron chi connectivity index (χ4n) is 4.83. The molecule has 1 atom stereocenters.